The molecule has 3 N–H and O–H groups in total. The second-order valence-corrected chi connectivity index (χ2v) is 9.33. The van der Waals surface area contributed by atoms with Crippen molar-refractivity contribution in [1.29, 1.82) is 0 Å². The number of nitrogens with one attached hydrogen (secondary N) is 1. The van der Waals surface area contributed by atoms with Gasteiger partial charge in [0.05, 0.1) is 28.4 Å². The third kappa shape index (κ3) is 5.33. The highest BCUT2D eigenvalue weighted by molar-refractivity contribution is 7.92. The van der Waals surface area contributed by atoms with Gasteiger partial charge in [-0.2, -0.15) is 0 Å². The lowest BCUT2D eigenvalue weighted by atomic mass is 10.1. The lowest BCUT2D eigenvalue weighted by Crippen LogP contribution is -2.33. The van der Waals surface area contributed by atoms with Crippen LogP contribution in [0.1, 0.15) is 12.5 Å². The molecule has 9 heteroatoms. The zero-order valence-electron chi connectivity index (χ0n) is 17.7. The topological polar surface area (TPSA) is 102 Å². The molecule has 3 rings (SSSR count). The highest BCUT2D eigenvalue weighted by Gasteiger charge is 2.28. The number of nitrogens with two attached hydrogens (primary N) is 1. The van der Waals surface area contributed by atoms with Gasteiger partial charge in [0.2, 0.25) is 5.91 Å². The molecule has 0 saturated carbocycles. The zero-order valence-corrected chi connectivity index (χ0v) is 19.3. The first-order valence-electron chi connectivity index (χ1n) is 9.79. The molecule has 0 unspecified atom stereocenters. The molecule has 0 aliphatic heterocycles. The summed E-state index contributed by atoms with van der Waals surface area (Å²) in [4.78, 5) is 11.5. The number of benzene rings is 3. The molecule has 0 aliphatic rings. The number of nitrogens with zero attached hydrogens (tertiary/aromatic N) is 1. The van der Waals surface area contributed by atoms with Crippen molar-refractivity contribution in [3.63, 3.8) is 0 Å². The van der Waals surface area contributed by atoms with Gasteiger partial charge >= 0.3 is 0 Å². The summed E-state index contributed by atoms with van der Waals surface area (Å²) in [5.74, 6) is 0.0717. The van der Waals surface area contributed by atoms with E-state index in [0.29, 0.717) is 23.5 Å². The highest BCUT2D eigenvalue weighted by atomic mass is 35.5. The summed E-state index contributed by atoms with van der Waals surface area (Å²) in [6, 6.07) is 18.6. The summed E-state index contributed by atoms with van der Waals surface area (Å²) in [5.41, 5.74) is 7.76. The summed E-state index contributed by atoms with van der Waals surface area (Å²) in [5, 5.41) is 2.83. The maximum absolute atomic E-state index is 13.7. The minimum atomic E-state index is -4.04. The maximum atomic E-state index is 13.7. The van der Waals surface area contributed by atoms with Crippen LogP contribution in [0.2, 0.25) is 5.02 Å². The number of sulfonamides is 1. The number of halogens is 1. The Hall–Kier alpha value is -3.23. The first-order chi connectivity index (χ1) is 15.2. The van der Waals surface area contributed by atoms with Crippen LogP contribution >= 0.6 is 11.6 Å². The Kier molecular flexibility index (Phi) is 7.27. The number of methoxy groups -OCH3 is 1. The van der Waals surface area contributed by atoms with Crippen LogP contribution in [0, 0.1) is 0 Å². The van der Waals surface area contributed by atoms with Crippen molar-refractivity contribution in [2.45, 2.75) is 18.2 Å². The van der Waals surface area contributed by atoms with Crippen LogP contribution in [-0.4, -0.2) is 28.0 Å². The molecule has 3 aromatic rings. The molecule has 0 spiro atoms. The number of anilines is 3. The Morgan fingerprint density at radius 1 is 1.09 bits per heavy atom. The molecular weight excluding hydrogens is 450 g/mol. The number of hydrogen-bond donors (Lipinski definition) is 2. The van der Waals surface area contributed by atoms with E-state index in [1.165, 1.54) is 36.5 Å². The molecule has 7 nitrogen and oxygen atoms in total. The Bertz CT molecular complexity index is 1220. The normalized spacial score (nSPS) is 11.1. The van der Waals surface area contributed by atoms with Crippen molar-refractivity contribution in [3.05, 3.63) is 77.3 Å². The lowest BCUT2D eigenvalue weighted by molar-refractivity contribution is -0.114. The second-order valence-electron chi connectivity index (χ2n) is 7.06. The molecule has 1 amide bonds. The summed E-state index contributed by atoms with van der Waals surface area (Å²) >= 11 is 6.10. The van der Waals surface area contributed by atoms with Gasteiger partial charge in [-0.3, -0.25) is 9.10 Å². The summed E-state index contributed by atoms with van der Waals surface area (Å²) in [7, 11) is -2.58. The lowest BCUT2D eigenvalue weighted by Gasteiger charge is -2.27. The van der Waals surface area contributed by atoms with Crippen molar-refractivity contribution >= 4 is 44.6 Å². The molecule has 0 heterocycles. The number of carbonyl (C=O) groups excluding carboxylic acids is 1. The summed E-state index contributed by atoms with van der Waals surface area (Å²) in [6.07, 6.45) is 0.455. The number of amides is 1. The Balaban J connectivity index is 2.11. The molecule has 0 radical (unpaired) electrons. The van der Waals surface area contributed by atoms with Crippen LogP contribution in [0.4, 0.5) is 17.1 Å². The van der Waals surface area contributed by atoms with Gasteiger partial charge in [0, 0.05) is 19.2 Å². The maximum Gasteiger partial charge on any atom is 0.264 e. The fourth-order valence-electron chi connectivity index (χ4n) is 3.21. The van der Waals surface area contributed by atoms with Crippen LogP contribution in [0.15, 0.2) is 71.6 Å². The molecule has 32 heavy (non-hydrogen) atoms. The van der Waals surface area contributed by atoms with Crippen LogP contribution in [0.3, 0.4) is 0 Å². The van der Waals surface area contributed by atoms with E-state index in [1.54, 1.807) is 18.2 Å². The Labute approximate surface area is 192 Å². The van der Waals surface area contributed by atoms with Crippen LogP contribution in [0.5, 0.6) is 5.75 Å². The predicted octanol–water partition coefficient (Wildman–Crippen LogP) is 4.33. The Morgan fingerprint density at radius 2 is 1.81 bits per heavy atom. The first kappa shape index (κ1) is 23.4. The summed E-state index contributed by atoms with van der Waals surface area (Å²) < 4.78 is 34.1. The fraction of sp³-hybridized carbons (Fsp3) is 0.174. The van der Waals surface area contributed by atoms with Gasteiger partial charge in [0.15, 0.2) is 0 Å². The van der Waals surface area contributed by atoms with Crippen molar-refractivity contribution < 1.29 is 17.9 Å². The number of nitrogen functional groups attached to an aromatic ring is 1. The van der Waals surface area contributed by atoms with E-state index in [0.717, 1.165) is 5.56 Å². The number of rotatable bonds is 8. The van der Waals surface area contributed by atoms with Gasteiger partial charge in [0.25, 0.3) is 10.0 Å². The molecule has 0 fully saturated rings. The van der Waals surface area contributed by atoms with E-state index in [2.05, 4.69) is 5.32 Å². The van der Waals surface area contributed by atoms with Crippen molar-refractivity contribution in [3.8, 4) is 5.75 Å². The molecule has 0 atom stereocenters. The predicted molar refractivity (Wildman–Crippen MR) is 128 cm³/mol. The summed E-state index contributed by atoms with van der Waals surface area (Å²) in [6.45, 7) is 1.51. The second kappa shape index (κ2) is 9.93. The van der Waals surface area contributed by atoms with Crippen molar-refractivity contribution in [1.82, 2.24) is 0 Å². The molecule has 0 aromatic heterocycles. The van der Waals surface area contributed by atoms with Crippen LogP contribution in [-0.2, 0) is 21.2 Å². The molecule has 0 aliphatic carbocycles. The van der Waals surface area contributed by atoms with E-state index in [4.69, 9.17) is 22.1 Å². The van der Waals surface area contributed by atoms with Gasteiger partial charge in [0.1, 0.15) is 5.75 Å². The van der Waals surface area contributed by atoms with Gasteiger partial charge in [-0.15, -0.1) is 0 Å². The SMILES string of the molecule is COc1ccc(NC(C)=O)cc1N(CCc1ccccc1)S(=O)(=O)c1ccc(N)c(Cl)c1. The fourth-order valence-corrected chi connectivity index (χ4v) is 4.95. The van der Waals surface area contributed by atoms with Crippen LogP contribution in [0.25, 0.3) is 0 Å². The van der Waals surface area contributed by atoms with E-state index in [1.807, 2.05) is 30.3 Å². The zero-order chi connectivity index (χ0) is 23.3. The molecule has 0 bridgehead atoms. The standard InChI is InChI=1S/C23H24ClN3O4S/c1-16(28)26-18-8-11-23(31-2)22(14-18)27(13-12-17-6-4-3-5-7-17)32(29,30)19-9-10-21(25)20(24)15-19/h3-11,14-15H,12-13,25H2,1-2H3,(H,26,28). The first-order valence-corrected chi connectivity index (χ1v) is 11.6. The van der Waals surface area contributed by atoms with Gasteiger partial charge in [-0.25, -0.2) is 8.42 Å². The van der Waals surface area contributed by atoms with Crippen molar-refractivity contribution in [2.75, 3.05) is 29.0 Å². The van der Waals surface area contributed by atoms with Gasteiger partial charge in [-0.05, 0) is 48.4 Å². The molecule has 168 valence electrons. The highest BCUT2D eigenvalue weighted by Crippen LogP contribution is 2.36. The largest absolute Gasteiger partial charge is 0.495 e. The number of carbonyl (C=O) groups is 1. The van der Waals surface area contributed by atoms with Gasteiger partial charge < -0.3 is 15.8 Å². The Morgan fingerprint density at radius 3 is 2.44 bits per heavy atom. The third-order valence-corrected chi connectivity index (χ3v) is 6.91. The number of hydrogen-bond acceptors (Lipinski definition) is 5. The molecule has 0 saturated heterocycles. The van der Waals surface area contributed by atoms with Crippen molar-refractivity contribution in [2.24, 2.45) is 0 Å². The van der Waals surface area contributed by atoms with E-state index in [-0.39, 0.29) is 28.1 Å². The van der Waals surface area contributed by atoms with E-state index >= 15 is 0 Å². The van der Waals surface area contributed by atoms with Crippen LogP contribution < -0.4 is 20.1 Å². The number of ether oxygens (including phenoxy) is 1. The van der Waals surface area contributed by atoms with E-state index < -0.39 is 10.0 Å². The molecule has 3 aromatic carbocycles. The monoisotopic (exact) mass is 473 g/mol. The third-order valence-electron chi connectivity index (χ3n) is 4.77. The van der Waals surface area contributed by atoms with Gasteiger partial charge in [-0.1, -0.05) is 41.9 Å². The van der Waals surface area contributed by atoms with E-state index in [9.17, 15) is 13.2 Å². The quantitative estimate of drug-likeness (QED) is 0.474. The molecular formula is C23H24ClN3O4S. The average molecular weight is 474 g/mol. The smallest absolute Gasteiger partial charge is 0.264 e. The minimum Gasteiger partial charge on any atom is -0.495 e. The minimum absolute atomic E-state index is 0.00301. The average Bonchev–Trinajstić information content (AvgIpc) is 2.76.